The van der Waals surface area contributed by atoms with Crippen LogP contribution in [-0.4, -0.2) is 26.6 Å². The second-order valence-corrected chi connectivity index (χ2v) is 10.7. The number of phenols is 1. The van der Waals surface area contributed by atoms with Crippen molar-refractivity contribution in [2.24, 2.45) is 10.8 Å². The van der Waals surface area contributed by atoms with Gasteiger partial charge in [-0.15, -0.1) is 46.4 Å². The van der Waals surface area contributed by atoms with Gasteiger partial charge in [0.05, 0.1) is 21.5 Å². The van der Waals surface area contributed by atoms with Crippen molar-refractivity contribution in [1.29, 1.82) is 0 Å². The highest BCUT2D eigenvalue weighted by Crippen LogP contribution is 2.63. The van der Waals surface area contributed by atoms with Crippen LogP contribution >= 0.6 is 46.4 Å². The molecule has 0 radical (unpaired) electrons. The molecule has 138 valence electrons. The normalized spacial score (nSPS) is 46.5. The lowest BCUT2D eigenvalue weighted by atomic mass is 9.50. The zero-order chi connectivity index (χ0) is 18.0. The number of phenolic OH excluding ortho intramolecular Hbond substituents is 1. The first kappa shape index (κ1) is 18.5. The third-order valence-electron chi connectivity index (χ3n) is 7.23. The zero-order valence-electron chi connectivity index (χ0n) is 14.3. The predicted octanol–water partition coefficient (Wildman–Crippen LogP) is 6.43. The molecule has 1 nitrogen and oxygen atoms in total. The van der Waals surface area contributed by atoms with Gasteiger partial charge in [0.25, 0.3) is 0 Å². The summed E-state index contributed by atoms with van der Waals surface area (Å²) in [6, 6.07) is 5.85. The van der Waals surface area contributed by atoms with E-state index in [1.54, 1.807) is 0 Å². The molecule has 4 unspecified atom stereocenters. The van der Waals surface area contributed by atoms with E-state index in [1.807, 2.05) is 12.1 Å². The summed E-state index contributed by atoms with van der Waals surface area (Å²) in [7, 11) is 0. The third-order valence-corrected chi connectivity index (χ3v) is 9.88. The first-order chi connectivity index (χ1) is 11.8. The Labute approximate surface area is 170 Å². The Balaban J connectivity index is 1.72. The molecule has 1 aromatic rings. The van der Waals surface area contributed by atoms with E-state index in [1.165, 1.54) is 11.1 Å². The van der Waals surface area contributed by atoms with Crippen LogP contribution in [-0.2, 0) is 6.42 Å². The topological polar surface area (TPSA) is 20.2 Å². The minimum atomic E-state index is -0.299. The molecule has 5 heteroatoms. The van der Waals surface area contributed by atoms with Crippen LogP contribution in [0.5, 0.6) is 5.75 Å². The van der Waals surface area contributed by atoms with E-state index in [4.69, 9.17) is 46.4 Å². The first-order valence-electron chi connectivity index (χ1n) is 9.14. The molecule has 2 fully saturated rings. The van der Waals surface area contributed by atoms with Crippen LogP contribution in [0.2, 0.25) is 0 Å². The van der Waals surface area contributed by atoms with Gasteiger partial charge in [-0.25, -0.2) is 0 Å². The van der Waals surface area contributed by atoms with Crippen LogP contribution in [0.25, 0.3) is 0 Å². The van der Waals surface area contributed by atoms with Crippen molar-refractivity contribution in [1.82, 2.24) is 0 Å². The van der Waals surface area contributed by atoms with Crippen molar-refractivity contribution in [3.05, 3.63) is 29.3 Å². The van der Waals surface area contributed by atoms with E-state index in [2.05, 4.69) is 13.0 Å². The molecule has 1 N–H and O–H groups in total. The van der Waals surface area contributed by atoms with Crippen molar-refractivity contribution in [3.8, 4) is 5.75 Å². The van der Waals surface area contributed by atoms with Gasteiger partial charge >= 0.3 is 0 Å². The Morgan fingerprint density at radius 2 is 1.76 bits per heavy atom. The van der Waals surface area contributed by atoms with Gasteiger partial charge in [0, 0.05) is 0 Å². The minimum absolute atomic E-state index is 0.0531. The van der Waals surface area contributed by atoms with E-state index >= 15 is 0 Å². The lowest BCUT2D eigenvalue weighted by molar-refractivity contribution is 0.0286. The number of rotatable bonds is 0. The summed E-state index contributed by atoms with van der Waals surface area (Å²) in [6.07, 6.45) is 6.24. The van der Waals surface area contributed by atoms with Gasteiger partial charge in [-0.3, -0.25) is 0 Å². The Morgan fingerprint density at radius 3 is 2.52 bits per heavy atom. The fraction of sp³-hybridized carbons (Fsp3) is 0.700. The summed E-state index contributed by atoms with van der Waals surface area (Å²) in [4.78, 5) is 0. The standard InChI is InChI=1S/C20H24Cl4O/c1-19-5-4-11-8-12(25)2-3-13(11)14(19)9-20(7-6-19)10-15(21)16(22)17(23)18(20)24/h2-3,8,14-18,25H,4-7,9-10H2,1H3/t14-,15?,16?,17?,18?,19+,20-/m1/s1. The lowest BCUT2D eigenvalue weighted by Crippen LogP contribution is -2.55. The number of hydrogen-bond acceptors (Lipinski definition) is 1. The SMILES string of the molecule is C[C@@]12CCc3cc(O)ccc3[C@H]1C[C@]1(CC2)CC(Cl)C(Cl)C(Cl)C1Cl. The highest BCUT2D eigenvalue weighted by Gasteiger charge is 2.57. The van der Waals surface area contributed by atoms with E-state index in [9.17, 15) is 5.11 Å². The maximum Gasteiger partial charge on any atom is 0.115 e. The Kier molecular flexibility index (Phi) is 4.72. The Hall–Kier alpha value is 0.180. The molecule has 7 atom stereocenters. The highest BCUT2D eigenvalue weighted by atomic mass is 35.5. The average molecular weight is 422 g/mol. The van der Waals surface area contributed by atoms with Gasteiger partial charge in [0.1, 0.15) is 5.75 Å². The maximum absolute atomic E-state index is 9.86. The fourth-order valence-corrected chi connectivity index (χ4v) is 7.30. The fourth-order valence-electron chi connectivity index (χ4n) is 5.57. The maximum atomic E-state index is 9.86. The Bertz CT molecular complexity index is 680. The summed E-state index contributed by atoms with van der Waals surface area (Å²) < 4.78 is 0. The highest BCUT2D eigenvalue weighted by molar-refractivity contribution is 6.38. The number of hydrogen-bond donors (Lipinski definition) is 1. The van der Waals surface area contributed by atoms with E-state index in [0.29, 0.717) is 11.7 Å². The van der Waals surface area contributed by atoms with Crippen LogP contribution in [0.1, 0.15) is 56.1 Å². The molecular formula is C20H24Cl4O. The number of aromatic hydroxyl groups is 1. The minimum Gasteiger partial charge on any atom is -0.508 e. The molecule has 0 heterocycles. The van der Waals surface area contributed by atoms with Crippen molar-refractivity contribution in [2.45, 2.75) is 72.9 Å². The first-order valence-corrected chi connectivity index (χ1v) is 10.9. The number of fused-ring (bicyclic) bond motifs is 3. The van der Waals surface area contributed by atoms with Gasteiger partial charge < -0.3 is 5.11 Å². The van der Waals surface area contributed by atoms with Crippen LogP contribution in [0.4, 0.5) is 0 Å². The second-order valence-electron chi connectivity index (χ2n) is 8.67. The average Bonchev–Trinajstić information content (AvgIpc) is 2.59. The van der Waals surface area contributed by atoms with E-state index in [0.717, 1.165) is 38.5 Å². The number of benzene rings is 1. The predicted molar refractivity (Wildman–Crippen MR) is 107 cm³/mol. The molecule has 0 amide bonds. The van der Waals surface area contributed by atoms with Gasteiger partial charge in [-0.1, -0.05) is 13.0 Å². The monoisotopic (exact) mass is 420 g/mol. The molecule has 1 spiro atoms. The molecule has 1 aromatic carbocycles. The molecule has 25 heavy (non-hydrogen) atoms. The molecule has 0 saturated heterocycles. The molecule has 0 bridgehead atoms. The van der Waals surface area contributed by atoms with E-state index in [-0.39, 0.29) is 32.3 Å². The largest absolute Gasteiger partial charge is 0.508 e. The molecule has 2 saturated carbocycles. The van der Waals surface area contributed by atoms with Gasteiger partial charge in [0.2, 0.25) is 0 Å². The van der Waals surface area contributed by atoms with Crippen molar-refractivity contribution in [3.63, 3.8) is 0 Å². The molecule has 3 aliphatic carbocycles. The Morgan fingerprint density at radius 1 is 1.00 bits per heavy atom. The number of aryl methyl sites for hydroxylation is 1. The summed E-state index contributed by atoms with van der Waals surface area (Å²) in [6.45, 7) is 2.41. The van der Waals surface area contributed by atoms with Gasteiger partial charge in [-0.2, -0.15) is 0 Å². The third kappa shape index (κ3) is 2.89. The van der Waals surface area contributed by atoms with Crippen LogP contribution in [0.15, 0.2) is 18.2 Å². The van der Waals surface area contributed by atoms with E-state index < -0.39 is 0 Å². The van der Waals surface area contributed by atoms with Gasteiger partial charge in [0.15, 0.2) is 0 Å². The van der Waals surface area contributed by atoms with Crippen molar-refractivity contribution in [2.75, 3.05) is 0 Å². The molecular weight excluding hydrogens is 398 g/mol. The van der Waals surface area contributed by atoms with Gasteiger partial charge in [-0.05, 0) is 78.5 Å². The second kappa shape index (κ2) is 6.36. The number of alkyl halides is 4. The summed E-state index contributed by atoms with van der Waals surface area (Å²) in [5.41, 5.74) is 2.89. The zero-order valence-corrected chi connectivity index (χ0v) is 17.3. The van der Waals surface area contributed by atoms with Crippen molar-refractivity contribution < 1.29 is 5.11 Å². The number of halogens is 4. The summed E-state index contributed by atoms with van der Waals surface area (Å²) in [5.74, 6) is 0.791. The molecule has 4 rings (SSSR count). The quantitative estimate of drug-likeness (QED) is 0.478. The molecule has 0 aliphatic heterocycles. The summed E-state index contributed by atoms with van der Waals surface area (Å²) in [5, 5.41) is 9.00. The summed E-state index contributed by atoms with van der Waals surface area (Å²) >= 11 is 26.4. The lowest BCUT2D eigenvalue weighted by Gasteiger charge is -2.57. The molecule has 3 aliphatic rings. The molecule has 0 aromatic heterocycles. The smallest absolute Gasteiger partial charge is 0.115 e. The van der Waals surface area contributed by atoms with Crippen LogP contribution in [0.3, 0.4) is 0 Å². The van der Waals surface area contributed by atoms with Crippen LogP contribution < -0.4 is 0 Å². The van der Waals surface area contributed by atoms with Crippen LogP contribution in [0, 0.1) is 10.8 Å². The van der Waals surface area contributed by atoms with Crippen molar-refractivity contribution >= 4 is 46.4 Å².